The maximum Gasteiger partial charge on any atom is 0.244 e. The predicted molar refractivity (Wildman–Crippen MR) is 75.6 cm³/mol. The molecule has 1 rings (SSSR count). The van der Waals surface area contributed by atoms with Crippen LogP contribution in [0.1, 0.15) is 38.8 Å². The zero-order valence-corrected chi connectivity index (χ0v) is 12.6. The van der Waals surface area contributed by atoms with E-state index in [1.165, 1.54) is 6.07 Å². The van der Waals surface area contributed by atoms with Gasteiger partial charge in [0.15, 0.2) is 0 Å². The third kappa shape index (κ3) is 3.46. The van der Waals surface area contributed by atoms with Gasteiger partial charge in [0.2, 0.25) is 10.0 Å². The molecule has 1 aromatic carbocycles. The Kier molecular flexibility index (Phi) is 4.60. The summed E-state index contributed by atoms with van der Waals surface area (Å²) in [5.41, 5.74) is 6.60. The van der Waals surface area contributed by atoms with E-state index in [1.807, 2.05) is 20.8 Å². The number of phenols is 1. The molecule has 0 aliphatic carbocycles. The summed E-state index contributed by atoms with van der Waals surface area (Å²) >= 11 is 0. The summed E-state index contributed by atoms with van der Waals surface area (Å²) in [5, 5.41) is 10.0. The second kappa shape index (κ2) is 5.48. The third-order valence-electron chi connectivity index (χ3n) is 2.86. The molecule has 108 valence electrons. The number of hydrogen-bond acceptors (Lipinski definition) is 4. The fraction of sp³-hybridized carbons (Fsp3) is 0.538. The fourth-order valence-corrected chi connectivity index (χ4v) is 2.93. The number of nitrogens with two attached hydrogens (primary N) is 1. The van der Waals surface area contributed by atoms with Gasteiger partial charge in [-0.15, -0.1) is 0 Å². The summed E-state index contributed by atoms with van der Waals surface area (Å²) in [7, 11) is -3.71. The van der Waals surface area contributed by atoms with Gasteiger partial charge in [-0.2, -0.15) is 0 Å². The summed E-state index contributed by atoms with van der Waals surface area (Å²) in [6, 6.07) is 3.26. The van der Waals surface area contributed by atoms with Crippen LogP contribution in [0.4, 0.5) is 0 Å². The van der Waals surface area contributed by atoms with E-state index in [1.54, 1.807) is 13.0 Å². The number of aromatic hydroxyl groups is 1. The Hall–Kier alpha value is -1.11. The minimum Gasteiger partial charge on any atom is -0.506 e. The molecule has 0 bridgehead atoms. The van der Waals surface area contributed by atoms with Crippen molar-refractivity contribution >= 4 is 10.0 Å². The molecule has 0 saturated heterocycles. The minimum atomic E-state index is -3.71. The minimum absolute atomic E-state index is 0.0877. The van der Waals surface area contributed by atoms with Gasteiger partial charge in [-0.1, -0.05) is 33.8 Å². The molecule has 5 nitrogen and oxygen atoms in total. The lowest BCUT2D eigenvalue weighted by Gasteiger charge is -2.22. The average Bonchev–Trinajstić information content (AvgIpc) is 2.27. The topological polar surface area (TPSA) is 92.4 Å². The predicted octanol–water partition coefficient (Wildman–Crippen LogP) is 1.45. The number of phenolic OH excluding ortho intramolecular Hbond substituents is 1. The maximum absolute atomic E-state index is 12.1. The summed E-state index contributed by atoms with van der Waals surface area (Å²) in [6.45, 7) is 7.96. The average molecular weight is 286 g/mol. The lowest BCUT2D eigenvalue weighted by atomic mass is 9.86. The normalized spacial score (nSPS) is 12.7. The molecular weight excluding hydrogens is 264 g/mol. The molecule has 0 aliphatic heterocycles. The van der Waals surface area contributed by atoms with E-state index in [9.17, 15) is 13.5 Å². The molecule has 0 aliphatic rings. The smallest absolute Gasteiger partial charge is 0.244 e. The van der Waals surface area contributed by atoms with Gasteiger partial charge in [-0.3, -0.25) is 0 Å². The van der Waals surface area contributed by atoms with Crippen LogP contribution in [0.15, 0.2) is 17.0 Å². The Labute approximate surface area is 114 Å². The largest absolute Gasteiger partial charge is 0.506 e. The molecule has 0 fully saturated rings. The SMILES string of the molecule is CCNS(=O)(=O)c1cc(C(C)(C)C)cc(CN)c1O. The van der Waals surface area contributed by atoms with E-state index < -0.39 is 10.0 Å². The summed E-state index contributed by atoms with van der Waals surface area (Å²) in [5.74, 6) is -0.267. The van der Waals surface area contributed by atoms with Crippen LogP contribution in [0.3, 0.4) is 0 Å². The molecule has 0 radical (unpaired) electrons. The van der Waals surface area contributed by atoms with E-state index in [2.05, 4.69) is 4.72 Å². The highest BCUT2D eigenvalue weighted by molar-refractivity contribution is 7.89. The van der Waals surface area contributed by atoms with Crippen LogP contribution in [-0.4, -0.2) is 20.1 Å². The summed E-state index contributed by atoms with van der Waals surface area (Å²) in [4.78, 5) is -0.109. The summed E-state index contributed by atoms with van der Waals surface area (Å²) < 4.78 is 26.6. The van der Waals surface area contributed by atoms with Gasteiger partial charge in [0.1, 0.15) is 10.6 Å². The van der Waals surface area contributed by atoms with Crippen molar-refractivity contribution in [3.05, 3.63) is 23.3 Å². The van der Waals surface area contributed by atoms with Gasteiger partial charge >= 0.3 is 0 Å². The van der Waals surface area contributed by atoms with Crippen molar-refractivity contribution in [2.24, 2.45) is 5.73 Å². The molecule has 1 aromatic rings. The molecule has 0 heterocycles. The monoisotopic (exact) mass is 286 g/mol. The number of rotatable bonds is 4. The first-order valence-electron chi connectivity index (χ1n) is 6.19. The second-order valence-corrected chi connectivity index (χ2v) is 7.17. The zero-order chi connectivity index (χ0) is 14.8. The van der Waals surface area contributed by atoms with Crippen LogP contribution in [0.5, 0.6) is 5.75 Å². The summed E-state index contributed by atoms with van der Waals surface area (Å²) in [6.07, 6.45) is 0. The van der Waals surface area contributed by atoms with E-state index >= 15 is 0 Å². The number of hydrogen-bond donors (Lipinski definition) is 3. The molecule has 4 N–H and O–H groups in total. The van der Waals surface area contributed by atoms with Crippen molar-refractivity contribution in [1.29, 1.82) is 0 Å². The Balaban J connectivity index is 3.56. The van der Waals surface area contributed by atoms with Crippen molar-refractivity contribution in [3.8, 4) is 5.75 Å². The Bertz CT molecular complexity index is 560. The molecule has 0 atom stereocenters. The quantitative estimate of drug-likeness (QED) is 0.781. The molecule has 0 saturated carbocycles. The van der Waals surface area contributed by atoms with Gasteiger partial charge < -0.3 is 10.8 Å². The Morgan fingerprint density at radius 1 is 1.32 bits per heavy atom. The maximum atomic E-state index is 12.1. The Morgan fingerprint density at radius 3 is 2.32 bits per heavy atom. The van der Waals surface area contributed by atoms with Gasteiger partial charge in [-0.05, 0) is 17.0 Å². The standard InChI is InChI=1S/C13H22N2O3S/c1-5-15-19(17,18)11-7-10(13(2,3)4)6-9(8-14)12(11)16/h6-7,15-16H,5,8,14H2,1-4H3. The molecular formula is C13H22N2O3S. The Morgan fingerprint density at radius 2 is 1.89 bits per heavy atom. The first-order chi connectivity index (χ1) is 8.63. The van der Waals surface area contributed by atoms with Crippen molar-refractivity contribution in [2.45, 2.75) is 44.6 Å². The molecule has 6 heteroatoms. The van der Waals surface area contributed by atoms with E-state index in [-0.39, 0.29) is 29.1 Å². The highest BCUT2D eigenvalue weighted by Gasteiger charge is 2.24. The van der Waals surface area contributed by atoms with Crippen LogP contribution in [0.25, 0.3) is 0 Å². The highest BCUT2D eigenvalue weighted by atomic mass is 32.2. The lowest BCUT2D eigenvalue weighted by Crippen LogP contribution is -2.24. The zero-order valence-electron chi connectivity index (χ0n) is 11.8. The number of sulfonamides is 1. The molecule has 0 spiro atoms. The number of nitrogens with one attached hydrogen (secondary N) is 1. The van der Waals surface area contributed by atoms with Crippen molar-refractivity contribution < 1.29 is 13.5 Å². The lowest BCUT2D eigenvalue weighted by molar-refractivity contribution is 0.449. The van der Waals surface area contributed by atoms with Gasteiger partial charge in [0.05, 0.1) is 0 Å². The molecule has 0 amide bonds. The van der Waals surface area contributed by atoms with Crippen molar-refractivity contribution in [2.75, 3.05) is 6.54 Å². The van der Waals surface area contributed by atoms with Crippen LogP contribution in [0.2, 0.25) is 0 Å². The van der Waals surface area contributed by atoms with Crippen molar-refractivity contribution in [3.63, 3.8) is 0 Å². The van der Waals surface area contributed by atoms with Crippen LogP contribution >= 0.6 is 0 Å². The molecule has 19 heavy (non-hydrogen) atoms. The fourth-order valence-electron chi connectivity index (χ4n) is 1.73. The van der Waals surface area contributed by atoms with E-state index in [0.717, 1.165) is 5.56 Å². The van der Waals surface area contributed by atoms with Gasteiger partial charge in [0.25, 0.3) is 0 Å². The molecule has 0 aromatic heterocycles. The first kappa shape index (κ1) is 15.9. The number of benzene rings is 1. The highest BCUT2D eigenvalue weighted by Crippen LogP contribution is 2.33. The van der Waals surface area contributed by atoms with Crippen LogP contribution in [0, 0.1) is 0 Å². The van der Waals surface area contributed by atoms with Gasteiger partial charge in [0, 0.05) is 18.7 Å². The van der Waals surface area contributed by atoms with E-state index in [4.69, 9.17) is 5.73 Å². The van der Waals surface area contributed by atoms with Crippen LogP contribution < -0.4 is 10.5 Å². The van der Waals surface area contributed by atoms with Crippen molar-refractivity contribution in [1.82, 2.24) is 4.72 Å². The second-order valence-electron chi connectivity index (χ2n) is 5.44. The van der Waals surface area contributed by atoms with Gasteiger partial charge in [-0.25, -0.2) is 13.1 Å². The third-order valence-corrected chi connectivity index (χ3v) is 4.42. The van der Waals surface area contributed by atoms with Crippen LogP contribution in [-0.2, 0) is 22.0 Å². The first-order valence-corrected chi connectivity index (χ1v) is 7.68. The van der Waals surface area contributed by atoms with E-state index in [0.29, 0.717) is 5.56 Å². The molecule has 0 unspecified atom stereocenters.